The molecule has 3 nitrogen and oxygen atoms in total. The third-order valence-electron chi connectivity index (χ3n) is 3.70. The molecule has 0 spiro atoms. The van der Waals surface area contributed by atoms with Gasteiger partial charge in [-0.25, -0.2) is 4.39 Å². The normalized spacial score (nSPS) is 11.7. The van der Waals surface area contributed by atoms with Crippen LogP contribution in [-0.4, -0.2) is 15.6 Å². The van der Waals surface area contributed by atoms with E-state index in [1.165, 1.54) is 12.1 Å². The molecule has 2 aromatic rings. The van der Waals surface area contributed by atoms with Gasteiger partial charge in [0, 0.05) is 24.6 Å². The van der Waals surface area contributed by atoms with Crippen LogP contribution in [0, 0.1) is 12.7 Å². The smallest absolute Gasteiger partial charge is 0.148 e. The molecular formula is C16H19FN2O. The maximum atomic E-state index is 13.0. The van der Waals surface area contributed by atoms with Crippen molar-refractivity contribution in [1.29, 1.82) is 0 Å². The topological polar surface area (TPSA) is 34.9 Å². The van der Waals surface area contributed by atoms with Gasteiger partial charge in [0.2, 0.25) is 0 Å². The second-order valence-electron chi connectivity index (χ2n) is 5.63. The second-order valence-corrected chi connectivity index (χ2v) is 5.63. The molecule has 0 aliphatic carbocycles. The summed E-state index contributed by atoms with van der Waals surface area (Å²) in [5.74, 6) is -0.202. The van der Waals surface area contributed by atoms with Crippen LogP contribution in [0.15, 0.2) is 30.3 Å². The third kappa shape index (κ3) is 2.79. The first-order chi connectivity index (χ1) is 9.30. The van der Waals surface area contributed by atoms with Gasteiger partial charge in [-0.1, -0.05) is 12.1 Å². The number of nitrogens with zero attached hydrogens (tertiary/aromatic N) is 2. The van der Waals surface area contributed by atoms with Crippen LogP contribution in [0.25, 0.3) is 0 Å². The number of aryl methyl sites for hydroxylation is 2. The van der Waals surface area contributed by atoms with E-state index in [9.17, 15) is 9.18 Å². The Morgan fingerprint density at radius 3 is 2.40 bits per heavy atom. The summed E-state index contributed by atoms with van der Waals surface area (Å²) < 4.78 is 14.7. The zero-order valence-electron chi connectivity index (χ0n) is 12.3. The molecule has 0 fully saturated rings. The van der Waals surface area contributed by atoms with Gasteiger partial charge in [0.25, 0.3) is 0 Å². The largest absolute Gasteiger partial charge is 0.298 e. The fraction of sp³-hybridized carbons (Fsp3) is 0.375. The summed E-state index contributed by atoms with van der Waals surface area (Å²) in [6, 6.07) is 8.03. The first kappa shape index (κ1) is 14.4. The Balaban J connectivity index is 2.23. The lowest BCUT2D eigenvalue weighted by molar-refractivity contribution is -0.122. The molecule has 1 heterocycles. The minimum absolute atomic E-state index is 0.0899. The van der Waals surface area contributed by atoms with E-state index in [0.717, 1.165) is 17.0 Å². The molecule has 0 aliphatic rings. The van der Waals surface area contributed by atoms with Crippen molar-refractivity contribution in [1.82, 2.24) is 9.78 Å². The number of benzene rings is 1. The van der Waals surface area contributed by atoms with E-state index in [2.05, 4.69) is 5.10 Å². The van der Waals surface area contributed by atoms with Crippen molar-refractivity contribution >= 4 is 5.78 Å². The van der Waals surface area contributed by atoms with Crippen LogP contribution in [0.3, 0.4) is 0 Å². The van der Waals surface area contributed by atoms with Crippen LogP contribution in [0.4, 0.5) is 4.39 Å². The average Bonchev–Trinajstić information content (AvgIpc) is 2.68. The quantitative estimate of drug-likeness (QED) is 0.859. The van der Waals surface area contributed by atoms with Crippen LogP contribution in [0.1, 0.15) is 30.8 Å². The first-order valence-electron chi connectivity index (χ1n) is 6.59. The zero-order valence-corrected chi connectivity index (χ0v) is 12.3. The number of halogens is 1. The minimum Gasteiger partial charge on any atom is -0.298 e. The maximum absolute atomic E-state index is 13.0. The Labute approximate surface area is 118 Å². The number of carbonyl (C=O) groups is 1. The summed E-state index contributed by atoms with van der Waals surface area (Å²) in [6.07, 6.45) is 0.321. The predicted molar refractivity (Wildman–Crippen MR) is 76.1 cm³/mol. The molecule has 0 saturated heterocycles. The summed E-state index contributed by atoms with van der Waals surface area (Å²) in [4.78, 5) is 12.5. The van der Waals surface area contributed by atoms with Crippen LogP contribution in [-0.2, 0) is 23.7 Å². The van der Waals surface area contributed by atoms with Crippen molar-refractivity contribution in [2.45, 2.75) is 32.6 Å². The van der Waals surface area contributed by atoms with E-state index >= 15 is 0 Å². The van der Waals surface area contributed by atoms with Gasteiger partial charge in [0.1, 0.15) is 11.6 Å². The van der Waals surface area contributed by atoms with E-state index in [-0.39, 0.29) is 11.6 Å². The number of Topliss-reactive ketones (excluding diaryl/α,β-unsaturated/α-hetero) is 1. The average molecular weight is 274 g/mol. The van der Waals surface area contributed by atoms with Crippen molar-refractivity contribution in [3.63, 3.8) is 0 Å². The number of carbonyl (C=O) groups excluding carboxylic acids is 1. The SMILES string of the molecule is Cc1cc(CC(=O)C(C)(C)c2ccc(F)cc2)n(C)n1. The van der Waals surface area contributed by atoms with Crippen LogP contribution < -0.4 is 0 Å². The maximum Gasteiger partial charge on any atom is 0.148 e. The molecule has 4 heteroatoms. The molecule has 106 valence electrons. The summed E-state index contributed by atoms with van der Waals surface area (Å²) in [5, 5.41) is 4.25. The molecule has 0 bridgehead atoms. The highest BCUT2D eigenvalue weighted by molar-refractivity contribution is 5.90. The minimum atomic E-state index is -0.647. The van der Waals surface area contributed by atoms with Gasteiger partial charge < -0.3 is 0 Å². The fourth-order valence-electron chi connectivity index (χ4n) is 2.24. The summed E-state index contributed by atoms with van der Waals surface area (Å²) in [6.45, 7) is 5.64. The van der Waals surface area contributed by atoms with E-state index in [4.69, 9.17) is 0 Å². The van der Waals surface area contributed by atoms with Crippen LogP contribution >= 0.6 is 0 Å². The third-order valence-corrected chi connectivity index (χ3v) is 3.70. The highest BCUT2D eigenvalue weighted by atomic mass is 19.1. The van der Waals surface area contributed by atoms with Gasteiger partial charge in [-0.15, -0.1) is 0 Å². The lowest BCUT2D eigenvalue weighted by Gasteiger charge is -2.23. The highest BCUT2D eigenvalue weighted by Gasteiger charge is 2.30. The Hall–Kier alpha value is -1.97. The number of ketones is 1. The van der Waals surface area contributed by atoms with Crippen LogP contribution in [0.2, 0.25) is 0 Å². The van der Waals surface area contributed by atoms with E-state index < -0.39 is 5.41 Å². The molecule has 2 rings (SSSR count). The molecule has 1 aromatic carbocycles. The van der Waals surface area contributed by atoms with Crippen molar-refractivity contribution in [3.8, 4) is 0 Å². The van der Waals surface area contributed by atoms with Crippen molar-refractivity contribution in [2.24, 2.45) is 7.05 Å². The lowest BCUT2D eigenvalue weighted by atomic mass is 9.79. The van der Waals surface area contributed by atoms with Gasteiger partial charge in [-0.3, -0.25) is 9.48 Å². The Bertz CT molecular complexity index is 626. The molecule has 0 radical (unpaired) electrons. The first-order valence-corrected chi connectivity index (χ1v) is 6.59. The standard InChI is InChI=1S/C16H19FN2O/c1-11-9-14(19(4)18-11)10-15(20)16(2,3)12-5-7-13(17)8-6-12/h5-9H,10H2,1-4H3. The predicted octanol–water partition coefficient (Wildman–Crippen LogP) is 2.96. The van der Waals surface area contributed by atoms with Crippen molar-refractivity contribution in [3.05, 3.63) is 53.1 Å². The summed E-state index contributed by atoms with van der Waals surface area (Å²) in [5.41, 5.74) is 1.96. The Morgan fingerprint density at radius 2 is 1.90 bits per heavy atom. The molecule has 0 amide bonds. The highest BCUT2D eigenvalue weighted by Crippen LogP contribution is 2.26. The Morgan fingerprint density at radius 1 is 1.30 bits per heavy atom. The summed E-state index contributed by atoms with van der Waals surface area (Å²) in [7, 11) is 1.83. The molecule has 0 atom stereocenters. The van der Waals surface area contributed by atoms with E-state index in [1.54, 1.807) is 16.8 Å². The lowest BCUT2D eigenvalue weighted by Crippen LogP contribution is -2.31. The molecule has 0 saturated carbocycles. The molecule has 0 aliphatic heterocycles. The number of hydrogen-bond acceptors (Lipinski definition) is 2. The molecule has 0 unspecified atom stereocenters. The number of hydrogen-bond donors (Lipinski definition) is 0. The summed E-state index contributed by atoms with van der Waals surface area (Å²) >= 11 is 0. The van der Waals surface area contributed by atoms with Gasteiger partial charge >= 0.3 is 0 Å². The van der Waals surface area contributed by atoms with Gasteiger partial charge in [-0.2, -0.15) is 5.10 Å². The number of rotatable bonds is 4. The van der Waals surface area contributed by atoms with Crippen molar-refractivity contribution in [2.75, 3.05) is 0 Å². The molecule has 20 heavy (non-hydrogen) atoms. The monoisotopic (exact) mass is 274 g/mol. The van der Waals surface area contributed by atoms with E-state index in [0.29, 0.717) is 6.42 Å². The molecular weight excluding hydrogens is 255 g/mol. The Kier molecular flexibility index (Phi) is 3.75. The molecule has 1 aromatic heterocycles. The van der Waals surface area contributed by atoms with Gasteiger partial charge in [0.05, 0.1) is 5.69 Å². The van der Waals surface area contributed by atoms with Gasteiger partial charge in [0.15, 0.2) is 0 Å². The van der Waals surface area contributed by atoms with Gasteiger partial charge in [-0.05, 0) is 44.5 Å². The van der Waals surface area contributed by atoms with Crippen molar-refractivity contribution < 1.29 is 9.18 Å². The van der Waals surface area contributed by atoms with Crippen LogP contribution in [0.5, 0.6) is 0 Å². The number of aromatic nitrogens is 2. The zero-order chi connectivity index (χ0) is 14.9. The second kappa shape index (κ2) is 5.19. The fourth-order valence-corrected chi connectivity index (χ4v) is 2.24. The van der Waals surface area contributed by atoms with E-state index in [1.807, 2.05) is 33.9 Å². The molecule has 0 N–H and O–H groups in total.